The van der Waals surface area contributed by atoms with Gasteiger partial charge in [0, 0.05) is 21.8 Å². The maximum absolute atomic E-state index is 13.5. The number of benzene rings is 3. The molecule has 0 saturated heterocycles. The van der Waals surface area contributed by atoms with E-state index in [-0.39, 0.29) is 23.4 Å². The van der Waals surface area contributed by atoms with Gasteiger partial charge in [-0.1, -0.05) is 43.6 Å². The van der Waals surface area contributed by atoms with Crippen LogP contribution in [0, 0.1) is 6.92 Å². The smallest absolute Gasteiger partial charge is 0.395 e. The van der Waals surface area contributed by atoms with Crippen LogP contribution in [0.5, 0.6) is 0 Å². The summed E-state index contributed by atoms with van der Waals surface area (Å²) in [7, 11) is 0. The molecule has 0 fully saturated rings. The van der Waals surface area contributed by atoms with Gasteiger partial charge in [-0.15, -0.1) is 0 Å². The molecule has 0 aliphatic rings. The van der Waals surface area contributed by atoms with Crippen molar-refractivity contribution < 1.29 is 27.9 Å². The van der Waals surface area contributed by atoms with Gasteiger partial charge in [0.25, 0.3) is 11.8 Å². The highest BCUT2D eigenvalue weighted by Gasteiger charge is 2.35. The predicted molar refractivity (Wildman–Crippen MR) is 140 cm³/mol. The Hall–Kier alpha value is -3.89. The number of H-pyrrole nitrogens is 1. The second-order valence-corrected chi connectivity index (χ2v) is 9.82. The molecule has 0 bridgehead atoms. The molecule has 0 radical (unpaired) electrons. The van der Waals surface area contributed by atoms with Gasteiger partial charge in [0.1, 0.15) is 11.3 Å². The van der Waals surface area contributed by atoms with Crippen LogP contribution in [-0.2, 0) is 11.6 Å². The van der Waals surface area contributed by atoms with Gasteiger partial charge >= 0.3 is 6.18 Å². The number of hydrogen-bond donors (Lipinski definition) is 4. The fraction of sp³-hybridized carbons (Fsp3) is 0.222. The molecule has 38 heavy (non-hydrogen) atoms. The molecule has 4 aromatic rings. The van der Waals surface area contributed by atoms with E-state index < -0.39 is 34.5 Å². The molecule has 0 unspecified atom stereocenters. The number of hydrogen-bond acceptors (Lipinski definition) is 4. The highest BCUT2D eigenvalue weighted by atomic mass is 35.5. The number of aromatic nitrogens is 2. The quantitative estimate of drug-likeness (QED) is 0.228. The Balaban J connectivity index is 1.79. The number of carbonyl (C=O) groups is 2. The second kappa shape index (κ2) is 10.1. The van der Waals surface area contributed by atoms with Crippen LogP contribution < -0.4 is 10.6 Å². The topological polar surface area (TPSA) is 107 Å². The summed E-state index contributed by atoms with van der Waals surface area (Å²) in [5.74, 6) is -1.19. The fourth-order valence-corrected chi connectivity index (χ4v) is 3.99. The van der Waals surface area contributed by atoms with Crippen molar-refractivity contribution in [2.24, 2.45) is 0 Å². The SMILES string of the molecule is Cc1c(Cl)cccc1NC(=O)c1cc(NC(=O)c2ccccc2C(F)(F)F)cc2[nH]c(C(C)(C)CO)nc12. The summed E-state index contributed by atoms with van der Waals surface area (Å²) in [6, 6.07) is 12.2. The van der Waals surface area contributed by atoms with Crippen LogP contribution in [0.3, 0.4) is 0 Å². The average Bonchev–Trinajstić information content (AvgIpc) is 3.31. The first-order valence-corrected chi connectivity index (χ1v) is 11.9. The molecule has 0 aliphatic heterocycles. The highest BCUT2D eigenvalue weighted by molar-refractivity contribution is 6.31. The molecule has 7 nitrogen and oxygen atoms in total. The van der Waals surface area contributed by atoms with E-state index in [2.05, 4.69) is 20.6 Å². The lowest BCUT2D eigenvalue weighted by molar-refractivity contribution is -0.137. The first kappa shape index (κ1) is 27.2. The summed E-state index contributed by atoms with van der Waals surface area (Å²) in [6.45, 7) is 4.99. The zero-order valence-electron chi connectivity index (χ0n) is 20.6. The minimum Gasteiger partial charge on any atom is -0.395 e. The second-order valence-electron chi connectivity index (χ2n) is 9.41. The molecule has 0 aliphatic carbocycles. The maximum Gasteiger partial charge on any atom is 0.417 e. The van der Waals surface area contributed by atoms with Gasteiger partial charge in [-0.3, -0.25) is 9.59 Å². The predicted octanol–water partition coefficient (Wildman–Crippen LogP) is 6.32. The summed E-state index contributed by atoms with van der Waals surface area (Å²) in [5.41, 5.74) is -0.614. The van der Waals surface area contributed by atoms with E-state index in [9.17, 15) is 27.9 Å². The van der Waals surface area contributed by atoms with Crippen molar-refractivity contribution in [3.8, 4) is 0 Å². The zero-order valence-corrected chi connectivity index (χ0v) is 21.4. The van der Waals surface area contributed by atoms with E-state index in [0.717, 1.165) is 12.1 Å². The number of halogens is 4. The molecular weight excluding hydrogens is 521 g/mol. The standard InChI is InChI=1S/C27H24ClF3N4O3/c1-14-19(28)9-6-10-20(14)33-24(38)17-11-15(12-21-22(17)35-25(34-21)26(2,3)13-36)32-23(37)16-7-4-5-8-18(16)27(29,30)31/h4-12,36H,13H2,1-3H3,(H,32,37)(H,33,38)(H,34,35). The summed E-state index contributed by atoms with van der Waals surface area (Å²) >= 11 is 6.17. The molecule has 0 saturated carbocycles. The Kier molecular flexibility index (Phi) is 7.22. The third kappa shape index (κ3) is 5.36. The molecule has 4 rings (SSSR count). The lowest BCUT2D eigenvalue weighted by Gasteiger charge is -2.17. The van der Waals surface area contributed by atoms with Crippen molar-refractivity contribution in [3.05, 3.63) is 87.7 Å². The van der Waals surface area contributed by atoms with Gasteiger partial charge in [-0.2, -0.15) is 13.2 Å². The Bertz CT molecular complexity index is 1550. The lowest BCUT2D eigenvalue weighted by atomic mass is 9.94. The van der Waals surface area contributed by atoms with E-state index in [4.69, 9.17) is 11.6 Å². The number of nitrogens with zero attached hydrogens (tertiary/aromatic N) is 1. The molecule has 1 aromatic heterocycles. The van der Waals surface area contributed by atoms with Gasteiger partial charge in [0.2, 0.25) is 0 Å². The number of carbonyl (C=O) groups excluding carboxylic acids is 2. The maximum atomic E-state index is 13.5. The number of fused-ring (bicyclic) bond motifs is 1. The molecule has 4 N–H and O–H groups in total. The van der Waals surface area contributed by atoms with Gasteiger partial charge in [-0.25, -0.2) is 4.98 Å². The number of nitrogens with one attached hydrogen (secondary N) is 3. The number of alkyl halides is 3. The monoisotopic (exact) mass is 544 g/mol. The number of aliphatic hydroxyl groups is 1. The Morgan fingerprint density at radius 2 is 1.68 bits per heavy atom. The van der Waals surface area contributed by atoms with Crippen LogP contribution in [0.25, 0.3) is 11.0 Å². The number of anilines is 2. The van der Waals surface area contributed by atoms with Crippen LogP contribution >= 0.6 is 11.6 Å². The van der Waals surface area contributed by atoms with Crippen LogP contribution in [0.1, 0.15) is 51.5 Å². The van der Waals surface area contributed by atoms with Crippen molar-refractivity contribution in [2.75, 3.05) is 17.2 Å². The molecule has 0 spiro atoms. The molecule has 198 valence electrons. The first-order valence-electron chi connectivity index (χ1n) is 11.5. The fourth-order valence-electron chi connectivity index (χ4n) is 3.82. The Morgan fingerprint density at radius 1 is 1.00 bits per heavy atom. The van der Waals surface area contributed by atoms with Crippen molar-refractivity contribution in [1.82, 2.24) is 9.97 Å². The summed E-state index contributed by atoms with van der Waals surface area (Å²) in [5, 5.41) is 15.5. The Morgan fingerprint density at radius 3 is 2.37 bits per heavy atom. The molecular formula is C27H24ClF3N4O3. The van der Waals surface area contributed by atoms with Crippen molar-refractivity contribution >= 4 is 45.8 Å². The molecule has 1 heterocycles. The van der Waals surface area contributed by atoms with E-state index in [1.165, 1.54) is 24.3 Å². The van der Waals surface area contributed by atoms with E-state index in [0.29, 0.717) is 27.6 Å². The minimum absolute atomic E-state index is 0.0533. The van der Waals surface area contributed by atoms with Crippen molar-refractivity contribution in [1.29, 1.82) is 0 Å². The van der Waals surface area contributed by atoms with Crippen LogP contribution in [0.4, 0.5) is 24.5 Å². The number of aromatic amines is 1. The largest absolute Gasteiger partial charge is 0.417 e. The summed E-state index contributed by atoms with van der Waals surface area (Å²) in [6.07, 6.45) is -4.73. The van der Waals surface area contributed by atoms with E-state index >= 15 is 0 Å². The molecule has 3 aromatic carbocycles. The molecule has 2 amide bonds. The number of aliphatic hydroxyl groups excluding tert-OH is 1. The number of rotatable bonds is 6. The minimum atomic E-state index is -4.73. The first-order chi connectivity index (χ1) is 17.8. The van der Waals surface area contributed by atoms with Crippen LogP contribution in [0.15, 0.2) is 54.6 Å². The van der Waals surface area contributed by atoms with Crippen LogP contribution in [0.2, 0.25) is 5.02 Å². The number of imidazole rings is 1. The van der Waals surface area contributed by atoms with Gasteiger partial charge in [-0.05, 0) is 48.9 Å². The lowest BCUT2D eigenvalue weighted by Crippen LogP contribution is -2.23. The van der Waals surface area contributed by atoms with Crippen molar-refractivity contribution in [3.63, 3.8) is 0 Å². The third-order valence-corrected chi connectivity index (χ3v) is 6.53. The van der Waals surface area contributed by atoms with Crippen molar-refractivity contribution in [2.45, 2.75) is 32.4 Å². The van der Waals surface area contributed by atoms with E-state index in [1.54, 1.807) is 39.0 Å². The third-order valence-electron chi connectivity index (χ3n) is 6.12. The van der Waals surface area contributed by atoms with E-state index in [1.807, 2.05) is 0 Å². The summed E-state index contributed by atoms with van der Waals surface area (Å²) < 4.78 is 40.4. The van der Waals surface area contributed by atoms with Gasteiger partial charge in [0.05, 0.1) is 28.8 Å². The highest BCUT2D eigenvalue weighted by Crippen LogP contribution is 2.33. The average molecular weight is 545 g/mol. The zero-order chi connectivity index (χ0) is 27.8. The summed E-state index contributed by atoms with van der Waals surface area (Å²) in [4.78, 5) is 33.9. The van der Waals surface area contributed by atoms with Crippen LogP contribution in [-0.4, -0.2) is 33.5 Å². The Labute approximate surface area is 221 Å². The molecule has 0 atom stereocenters. The van der Waals surface area contributed by atoms with Gasteiger partial charge < -0.3 is 20.7 Å². The molecule has 11 heteroatoms. The number of amides is 2. The van der Waals surface area contributed by atoms with Gasteiger partial charge in [0.15, 0.2) is 0 Å². The normalized spacial score (nSPS) is 12.0.